The van der Waals surface area contributed by atoms with Crippen LogP contribution < -0.4 is 0 Å². The van der Waals surface area contributed by atoms with Crippen LogP contribution in [0.25, 0.3) is 0 Å². The standard InChI is InChI=1S/C13H19ClN2O3S/c1-10-5-11(20-15-10)7-16(12(17)6-14)8-13(2)9-18-3-4-19-13/h5H,3-4,6-9H2,1-2H3. The molecule has 7 heteroatoms. The van der Waals surface area contributed by atoms with E-state index in [9.17, 15) is 4.79 Å². The lowest BCUT2D eigenvalue weighted by Gasteiger charge is -2.37. The number of aryl methyl sites for hydroxylation is 1. The Morgan fingerprint density at radius 3 is 2.95 bits per heavy atom. The summed E-state index contributed by atoms with van der Waals surface area (Å²) in [5.41, 5.74) is 0.492. The molecule has 2 rings (SSSR count). The van der Waals surface area contributed by atoms with E-state index in [1.165, 1.54) is 11.5 Å². The van der Waals surface area contributed by atoms with E-state index in [1.807, 2.05) is 19.9 Å². The van der Waals surface area contributed by atoms with Crippen molar-refractivity contribution in [2.24, 2.45) is 0 Å². The molecule has 1 amide bonds. The van der Waals surface area contributed by atoms with Gasteiger partial charge in [0.1, 0.15) is 11.5 Å². The van der Waals surface area contributed by atoms with Gasteiger partial charge in [-0.15, -0.1) is 11.6 Å². The number of carbonyl (C=O) groups excluding carboxylic acids is 1. The number of hydrogen-bond donors (Lipinski definition) is 0. The normalized spacial score (nSPS) is 22.8. The summed E-state index contributed by atoms with van der Waals surface area (Å²) in [6, 6.07) is 1.99. The topological polar surface area (TPSA) is 51.7 Å². The van der Waals surface area contributed by atoms with Gasteiger partial charge in [0.2, 0.25) is 5.91 Å². The van der Waals surface area contributed by atoms with Crippen molar-refractivity contribution < 1.29 is 14.3 Å². The van der Waals surface area contributed by atoms with Crippen molar-refractivity contribution in [1.82, 2.24) is 9.27 Å². The van der Waals surface area contributed by atoms with Crippen LogP contribution in [0.2, 0.25) is 0 Å². The molecule has 1 aromatic rings. The third-order valence-electron chi connectivity index (χ3n) is 3.10. The van der Waals surface area contributed by atoms with Crippen molar-refractivity contribution in [3.8, 4) is 0 Å². The zero-order chi connectivity index (χ0) is 14.6. The predicted octanol–water partition coefficient (Wildman–Crippen LogP) is 1.82. The van der Waals surface area contributed by atoms with Crippen molar-refractivity contribution in [3.05, 3.63) is 16.6 Å². The Morgan fingerprint density at radius 1 is 1.60 bits per heavy atom. The highest BCUT2D eigenvalue weighted by molar-refractivity contribution is 7.05. The van der Waals surface area contributed by atoms with Gasteiger partial charge in [-0.25, -0.2) is 0 Å². The Hall–Kier alpha value is -0.690. The number of ether oxygens (including phenoxy) is 2. The second-order valence-corrected chi connectivity index (χ2v) is 6.33. The van der Waals surface area contributed by atoms with Crippen LogP contribution >= 0.6 is 23.1 Å². The molecule has 0 aromatic carbocycles. The van der Waals surface area contributed by atoms with Crippen LogP contribution in [0.1, 0.15) is 17.5 Å². The maximum absolute atomic E-state index is 12.0. The molecule has 1 aliphatic rings. The van der Waals surface area contributed by atoms with Crippen molar-refractivity contribution in [2.45, 2.75) is 26.0 Å². The molecule has 0 radical (unpaired) electrons. The molecule has 1 aliphatic heterocycles. The summed E-state index contributed by atoms with van der Waals surface area (Å²) in [6.45, 7) is 6.52. The molecule has 1 atom stereocenters. The molecule has 5 nitrogen and oxygen atoms in total. The number of alkyl halides is 1. The van der Waals surface area contributed by atoms with Crippen molar-refractivity contribution in [3.63, 3.8) is 0 Å². The van der Waals surface area contributed by atoms with Crippen molar-refractivity contribution in [1.29, 1.82) is 0 Å². The van der Waals surface area contributed by atoms with Gasteiger partial charge in [-0.3, -0.25) is 4.79 Å². The Bertz CT molecular complexity index is 460. The summed E-state index contributed by atoms with van der Waals surface area (Å²) < 4.78 is 15.4. The lowest BCUT2D eigenvalue weighted by molar-refractivity contribution is -0.164. The quantitative estimate of drug-likeness (QED) is 0.777. The second-order valence-electron chi connectivity index (χ2n) is 5.17. The molecule has 1 aromatic heterocycles. The molecular weight excluding hydrogens is 300 g/mol. The minimum Gasteiger partial charge on any atom is -0.376 e. The summed E-state index contributed by atoms with van der Waals surface area (Å²) >= 11 is 7.11. The van der Waals surface area contributed by atoms with Gasteiger partial charge in [0, 0.05) is 4.88 Å². The molecule has 112 valence electrons. The summed E-state index contributed by atoms with van der Waals surface area (Å²) in [7, 11) is 0. The summed E-state index contributed by atoms with van der Waals surface area (Å²) in [4.78, 5) is 14.8. The van der Waals surface area contributed by atoms with Crippen LogP contribution in [0.15, 0.2) is 6.07 Å². The van der Waals surface area contributed by atoms with Gasteiger partial charge in [0.25, 0.3) is 0 Å². The number of carbonyl (C=O) groups is 1. The second kappa shape index (κ2) is 6.85. The molecule has 2 heterocycles. The predicted molar refractivity (Wildman–Crippen MR) is 78.2 cm³/mol. The molecule has 0 N–H and O–H groups in total. The fourth-order valence-electron chi connectivity index (χ4n) is 2.17. The maximum atomic E-state index is 12.0. The van der Waals surface area contributed by atoms with E-state index >= 15 is 0 Å². The van der Waals surface area contributed by atoms with Gasteiger partial charge in [-0.1, -0.05) is 0 Å². The molecule has 0 aliphatic carbocycles. The first kappa shape index (κ1) is 15.7. The van der Waals surface area contributed by atoms with Gasteiger partial charge in [-0.2, -0.15) is 4.37 Å². The highest BCUT2D eigenvalue weighted by atomic mass is 35.5. The summed E-state index contributed by atoms with van der Waals surface area (Å²) in [6.07, 6.45) is 0. The minimum absolute atomic E-state index is 0.0330. The van der Waals surface area contributed by atoms with Crippen molar-refractivity contribution in [2.75, 3.05) is 32.2 Å². The Balaban J connectivity index is 2.05. The van der Waals surface area contributed by atoms with Crippen LogP contribution in [0.4, 0.5) is 0 Å². The molecule has 1 fully saturated rings. The number of rotatable bonds is 5. The first-order valence-corrected chi connectivity index (χ1v) is 7.81. The van der Waals surface area contributed by atoms with E-state index < -0.39 is 5.60 Å². The molecule has 1 saturated heterocycles. The zero-order valence-corrected chi connectivity index (χ0v) is 13.3. The fourth-order valence-corrected chi connectivity index (χ4v) is 3.09. The van der Waals surface area contributed by atoms with Crippen LogP contribution in [0.3, 0.4) is 0 Å². The maximum Gasteiger partial charge on any atom is 0.237 e. The number of aromatic nitrogens is 1. The smallest absolute Gasteiger partial charge is 0.237 e. The number of halogens is 1. The Labute approximate surface area is 128 Å². The SMILES string of the molecule is Cc1cc(CN(CC2(C)COCCO2)C(=O)CCl)sn1. The zero-order valence-electron chi connectivity index (χ0n) is 11.7. The van der Waals surface area contributed by atoms with Crippen molar-refractivity contribution >= 4 is 29.0 Å². The molecule has 0 bridgehead atoms. The molecule has 0 saturated carbocycles. The largest absolute Gasteiger partial charge is 0.376 e. The van der Waals surface area contributed by atoms with E-state index in [-0.39, 0.29) is 11.8 Å². The third kappa shape index (κ3) is 4.15. The number of amides is 1. The van der Waals surface area contributed by atoms with Crippen LogP contribution in [-0.2, 0) is 20.8 Å². The van der Waals surface area contributed by atoms with E-state index in [4.69, 9.17) is 21.1 Å². The monoisotopic (exact) mass is 318 g/mol. The molecule has 1 unspecified atom stereocenters. The van der Waals surface area contributed by atoms with Crippen LogP contribution in [-0.4, -0.2) is 53.0 Å². The Kier molecular flexibility index (Phi) is 5.37. The Morgan fingerprint density at radius 2 is 2.40 bits per heavy atom. The van der Waals surface area contributed by atoms with Gasteiger partial charge in [0.15, 0.2) is 0 Å². The van der Waals surface area contributed by atoms with Gasteiger partial charge in [-0.05, 0) is 31.4 Å². The fraction of sp³-hybridized carbons (Fsp3) is 0.692. The summed E-state index contributed by atoms with van der Waals surface area (Å²) in [5, 5.41) is 0. The van der Waals surface area contributed by atoms with Gasteiger partial charge < -0.3 is 14.4 Å². The first-order valence-electron chi connectivity index (χ1n) is 6.50. The van der Waals surface area contributed by atoms with Crippen LogP contribution in [0.5, 0.6) is 0 Å². The van der Waals surface area contributed by atoms with E-state index in [1.54, 1.807) is 4.90 Å². The molecule has 0 spiro atoms. The highest BCUT2D eigenvalue weighted by Crippen LogP contribution is 2.20. The lowest BCUT2D eigenvalue weighted by atomic mass is 10.1. The van der Waals surface area contributed by atoms with E-state index in [0.717, 1.165) is 10.6 Å². The number of nitrogens with zero attached hydrogens (tertiary/aromatic N) is 2. The highest BCUT2D eigenvalue weighted by Gasteiger charge is 2.32. The lowest BCUT2D eigenvalue weighted by Crippen LogP contribution is -2.51. The third-order valence-corrected chi connectivity index (χ3v) is 4.19. The number of hydrogen-bond acceptors (Lipinski definition) is 5. The average Bonchev–Trinajstić information content (AvgIpc) is 2.83. The van der Waals surface area contributed by atoms with Gasteiger partial charge >= 0.3 is 0 Å². The molecular formula is C13H19ClN2O3S. The van der Waals surface area contributed by atoms with E-state index in [2.05, 4.69) is 4.37 Å². The summed E-state index contributed by atoms with van der Waals surface area (Å²) in [5.74, 6) is -0.137. The first-order chi connectivity index (χ1) is 9.52. The molecule has 20 heavy (non-hydrogen) atoms. The van der Waals surface area contributed by atoms with E-state index in [0.29, 0.717) is 32.9 Å². The average molecular weight is 319 g/mol. The van der Waals surface area contributed by atoms with Gasteiger partial charge in [0.05, 0.1) is 38.6 Å². The van der Waals surface area contributed by atoms with Crippen LogP contribution in [0, 0.1) is 6.92 Å². The minimum atomic E-state index is -0.473.